The molecule has 0 saturated carbocycles. The highest BCUT2D eigenvalue weighted by molar-refractivity contribution is 5.03. The summed E-state index contributed by atoms with van der Waals surface area (Å²) in [6.07, 6.45) is 8.35. The van der Waals surface area contributed by atoms with Crippen LogP contribution in [0.4, 0.5) is 0 Å². The molecule has 0 unspecified atom stereocenters. The maximum absolute atomic E-state index is 4.63. The summed E-state index contributed by atoms with van der Waals surface area (Å²) >= 11 is 0. The second-order valence-electron chi connectivity index (χ2n) is 6.09. The topological polar surface area (TPSA) is 32.3 Å². The molecule has 0 amide bonds. The van der Waals surface area contributed by atoms with Gasteiger partial charge in [0.1, 0.15) is 5.82 Å². The van der Waals surface area contributed by atoms with E-state index < -0.39 is 0 Å². The number of nitrogens with zero attached hydrogens (tertiary/aromatic N) is 4. The van der Waals surface area contributed by atoms with Gasteiger partial charge in [-0.3, -0.25) is 9.80 Å². The molecule has 3 rings (SSSR count). The number of aromatic nitrogens is 2. The Hall–Kier alpha value is -1.00. The van der Waals surface area contributed by atoms with Crippen LogP contribution in [-0.4, -0.2) is 52.0 Å². The number of hydrogen-bond donors (Lipinski definition) is 0. The molecule has 2 fully saturated rings. The molecule has 1 aromatic heterocycles. The van der Waals surface area contributed by atoms with Crippen LogP contribution < -0.4 is 0 Å². The van der Waals surface area contributed by atoms with Crippen LogP contribution >= 0.6 is 0 Å². The maximum Gasteiger partial charge on any atom is 0.128 e. The van der Waals surface area contributed by atoms with Crippen molar-refractivity contribution in [1.29, 1.82) is 0 Å². The molecular formula is C16H26N4. The lowest BCUT2D eigenvalue weighted by Gasteiger charge is -2.32. The maximum atomic E-state index is 4.63. The third-order valence-corrected chi connectivity index (χ3v) is 4.62. The van der Waals surface area contributed by atoms with Crippen LogP contribution in [0.1, 0.15) is 44.1 Å². The van der Waals surface area contributed by atoms with Gasteiger partial charge in [0.2, 0.25) is 0 Å². The lowest BCUT2D eigenvalue weighted by molar-refractivity contribution is 0.161. The lowest BCUT2D eigenvalue weighted by atomic mass is 10.1. The molecule has 20 heavy (non-hydrogen) atoms. The summed E-state index contributed by atoms with van der Waals surface area (Å²) in [4.78, 5) is 14.2. The fourth-order valence-corrected chi connectivity index (χ4v) is 3.47. The van der Waals surface area contributed by atoms with Crippen molar-refractivity contribution in [3.63, 3.8) is 0 Å². The summed E-state index contributed by atoms with van der Waals surface area (Å²) in [7, 11) is 0. The highest BCUT2D eigenvalue weighted by Crippen LogP contribution is 2.21. The van der Waals surface area contributed by atoms with Gasteiger partial charge in [0.05, 0.1) is 5.69 Å². The van der Waals surface area contributed by atoms with Crippen molar-refractivity contribution < 1.29 is 0 Å². The minimum Gasteiger partial charge on any atom is -0.299 e. The molecule has 4 heteroatoms. The first-order valence-electron chi connectivity index (χ1n) is 8.12. The molecule has 2 aliphatic rings. The van der Waals surface area contributed by atoms with Gasteiger partial charge < -0.3 is 0 Å². The average molecular weight is 274 g/mol. The SMILES string of the molecule is CCc1nccc(CN2CC[C@@H](N3CCCCC3)C2)n1. The van der Waals surface area contributed by atoms with E-state index in [9.17, 15) is 0 Å². The fourth-order valence-electron chi connectivity index (χ4n) is 3.47. The van der Waals surface area contributed by atoms with E-state index in [-0.39, 0.29) is 0 Å². The van der Waals surface area contributed by atoms with E-state index in [1.165, 1.54) is 57.6 Å². The van der Waals surface area contributed by atoms with Crippen molar-refractivity contribution in [1.82, 2.24) is 19.8 Å². The molecule has 0 aromatic carbocycles. The Labute approximate surface area is 122 Å². The van der Waals surface area contributed by atoms with E-state index in [0.29, 0.717) is 0 Å². The van der Waals surface area contributed by atoms with E-state index in [4.69, 9.17) is 0 Å². The zero-order valence-electron chi connectivity index (χ0n) is 12.6. The van der Waals surface area contributed by atoms with Crippen LogP contribution in [0.15, 0.2) is 12.3 Å². The molecule has 0 spiro atoms. The normalized spacial score (nSPS) is 25.1. The molecular weight excluding hydrogens is 248 g/mol. The van der Waals surface area contributed by atoms with E-state index in [1.807, 2.05) is 6.20 Å². The van der Waals surface area contributed by atoms with Gasteiger partial charge in [0, 0.05) is 38.3 Å². The average Bonchev–Trinajstić information content (AvgIpc) is 2.97. The Morgan fingerprint density at radius 3 is 2.85 bits per heavy atom. The van der Waals surface area contributed by atoms with Gasteiger partial charge in [-0.15, -0.1) is 0 Å². The largest absolute Gasteiger partial charge is 0.299 e. The highest BCUT2D eigenvalue weighted by atomic mass is 15.3. The molecule has 0 N–H and O–H groups in total. The predicted molar refractivity (Wildman–Crippen MR) is 80.5 cm³/mol. The van der Waals surface area contributed by atoms with Crippen LogP contribution in [0.3, 0.4) is 0 Å². The minimum absolute atomic E-state index is 0.780. The van der Waals surface area contributed by atoms with E-state index >= 15 is 0 Å². The molecule has 1 atom stereocenters. The first kappa shape index (κ1) is 14.0. The zero-order valence-corrected chi connectivity index (χ0v) is 12.6. The summed E-state index contributed by atoms with van der Waals surface area (Å²) in [5, 5.41) is 0. The van der Waals surface area contributed by atoms with E-state index in [0.717, 1.165) is 24.8 Å². The second-order valence-corrected chi connectivity index (χ2v) is 6.09. The summed E-state index contributed by atoms with van der Waals surface area (Å²) < 4.78 is 0. The van der Waals surface area contributed by atoms with Crippen LogP contribution in [0.2, 0.25) is 0 Å². The number of likely N-dealkylation sites (tertiary alicyclic amines) is 2. The third kappa shape index (κ3) is 3.36. The number of hydrogen-bond acceptors (Lipinski definition) is 4. The summed E-state index contributed by atoms with van der Waals surface area (Å²) in [5.74, 6) is 0.967. The van der Waals surface area contributed by atoms with Crippen LogP contribution in [0.5, 0.6) is 0 Å². The van der Waals surface area contributed by atoms with Gasteiger partial charge >= 0.3 is 0 Å². The molecule has 110 valence electrons. The number of piperidine rings is 1. The van der Waals surface area contributed by atoms with Crippen molar-refractivity contribution in [2.24, 2.45) is 0 Å². The number of rotatable bonds is 4. The Morgan fingerprint density at radius 1 is 1.20 bits per heavy atom. The van der Waals surface area contributed by atoms with Gasteiger partial charge in [-0.1, -0.05) is 13.3 Å². The van der Waals surface area contributed by atoms with Crippen molar-refractivity contribution >= 4 is 0 Å². The van der Waals surface area contributed by atoms with Crippen LogP contribution in [-0.2, 0) is 13.0 Å². The fraction of sp³-hybridized carbons (Fsp3) is 0.750. The molecule has 0 bridgehead atoms. The molecule has 0 radical (unpaired) electrons. The van der Waals surface area contributed by atoms with Crippen LogP contribution in [0.25, 0.3) is 0 Å². The lowest BCUT2D eigenvalue weighted by Crippen LogP contribution is -2.40. The second kappa shape index (κ2) is 6.64. The predicted octanol–water partition coefficient (Wildman–Crippen LogP) is 2.10. The van der Waals surface area contributed by atoms with Crippen molar-refractivity contribution in [2.75, 3.05) is 26.2 Å². The molecule has 4 nitrogen and oxygen atoms in total. The Bertz CT molecular complexity index is 428. The van der Waals surface area contributed by atoms with Gasteiger partial charge in [0.25, 0.3) is 0 Å². The molecule has 1 aromatic rings. The van der Waals surface area contributed by atoms with Crippen LogP contribution in [0, 0.1) is 0 Å². The van der Waals surface area contributed by atoms with E-state index in [1.54, 1.807) is 0 Å². The quantitative estimate of drug-likeness (QED) is 0.841. The molecule has 0 aliphatic carbocycles. The van der Waals surface area contributed by atoms with E-state index in [2.05, 4.69) is 32.8 Å². The van der Waals surface area contributed by atoms with Gasteiger partial charge in [-0.2, -0.15) is 0 Å². The summed E-state index contributed by atoms with van der Waals surface area (Å²) in [5.41, 5.74) is 1.18. The van der Waals surface area contributed by atoms with Crippen molar-refractivity contribution in [3.05, 3.63) is 23.8 Å². The minimum atomic E-state index is 0.780. The van der Waals surface area contributed by atoms with Gasteiger partial charge in [-0.05, 0) is 38.4 Å². The summed E-state index contributed by atoms with van der Waals surface area (Å²) in [6, 6.07) is 2.84. The molecule has 3 heterocycles. The van der Waals surface area contributed by atoms with Gasteiger partial charge in [-0.25, -0.2) is 9.97 Å². The zero-order chi connectivity index (χ0) is 13.8. The monoisotopic (exact) mass is 274 g/mol. The smallest absolute Gasteiger partial charge is 0.128 e. The highest BCUT2D eigenvalue weighted by Gasteiger charge is 2.28. The molecule has 2 aliphatic heterocycles. The Morgan fingerprint density at radius 2 is 2.05 bits per heavy atom. The third-order valence-electron chi connectivity index (χ3n) is 4.62. The Balaban J connectivity index is 1.54. The first-order valence-corrected chi connectivity index (χ1v) is 8.12. The number of aryl methyl sites for hydroxylation is 1. The molecule has 2 saturated heterocycles. The standard InChI is InChI=1S/C16H26N4/c1-2-16-17-8-6-14(18-16)12-19-11-7-15(13-19)20-9-4-3-5-10-20/h6,8,15H,2-5,7,9-13H2,1H3/t15-/m1/s1. The summed E-state index contributed by atoms with van der Waals surface area (Å²) in [6.45, 7) is 8.15. The van der Waals surface area contributed by atoms with Crippen molar-refractivity contribution in [2.45, 2.75) is 51.6 Å². The van der Waals surface area contributed by atoms with Crippen molar-refractivity contribution in [3.8, 4) is 0 Å². The van der Waals surface area contributed by atoms with Gasteiger partial charge in [0.15, 0.2) is 0 Å². The Kier molecular flexibility index (Phi) is 4.63. The first-order chi connectivity index (χ1) is 9.85.